The van der Waals surface area contributed by atoms with Gasteiger partial charge in [-0.2, -0.15) is 4.98 Å². The van der Waals surface area contributed by atoms with Crippen LogP contribution < -0.4 is 24.6 Å². The molecule has 3 N–H and O–H groups in total. The normalized spacial score (nSPS) is 16.0. The highest BCUT2D eigenvalue weighted by Gasteiger charge is 2.40. The third-order valence-electron chi connectivity index (χ3n) is 7.51. The lowest BCUT2D eigenvalue weighted by Crippen LogP contribution is -2.35. The number of nitrogens with one attached hydrogen (secondary N) is 2. The van der Waals surface area contributed by atoms with Crippen molar-refractivity contribution in [2.45, 2.75) is 37.0 Å². The molecule has 2 aromatic heterocycles. The molecule has 0 bridgehead atoms. The number of aliphatic hydroxyl groups is 1. The van der Waals surface area contributed by atoms with Gasteiger partial charge in [0.1, 0.15) is 22.8 Å². The Morgan fingerprint density at radius 3 is 2.52 bits per heavy atom. The van der Waals surface area contributed by atoms with Crippen molar-refractivity contribution < 1.29 is 18.3 Å². The summed E-state index contributed by atoms with van der Waals surface area (Å²) in [5.41, 5.74) is 3.63. The molecular weight excluding hydrogens is 624 g/mol. The topological polar surface area (TPSA) is 146 Å². The Hall–Kier alpha value is -3.75. The van der Waals surface area contributed by atoms with Gasteiger partial charge in [-0.3, -0.25) is 14.3 Å². The summed E-state index contributed by atoms with van der Waals surface area (Å²) in [5.74, 6) is 1.36. The van der Waals surface area contributed by atoms with E-state index in [1.165, 1.54) is 4.31 Å². The van der Waals surface area contributed by atoms with Crippen LogP contribution in [0.4, 0.5) is 34.5 Å². The van der Waals surface area contributed by atoms with Gasteiger partial charge in [-0.25, -0.2) is 13.4 Å². The number of aromatic nitrogens is 4. The summed E-state index contributed by atoms with van der Waals surface area (Å²) in [6.45, 7) is 1.53. The molecule has 0 spiro atoms. The van der Waals surface area contributed by atoms with Gasteiger partial charge in [0.25, 0.3) is 0 Å². The molecule has 0 radical (unpaired) electrons. The Bertz CT molecular complexity index is 1730. The van der Waals surface area contributed by atoms with Gasteiger partial charge in [0.2, 0.25) is 16.0 Å². The van der Waals surface area contributed by atoms with E-state index in [-0.39, 0.29) is 6.10 Å². The molecule has 0 amide bonds. The van der Waals surface area contributed by atoms with Gasteiger partial charge < -0.3 is 25.4 Å². The number of anilines is 6. The molecule has 42 heavy (non-hydrogen) atoms. The summed E-state index contributed by atoms with van der Waals surface area (Å²) in [6.07, 6.45) is 7.20. The summed E-state index contributed by atoms with van der Waals surface area (Å²) in [4.78, 5) is 20.2. The molecule has 1 aliphatic heterocycles. The van der Waals surface area contributed by atoms with E-state index >= 15 is 0 Å². The van der Waals surface area contributed by atoms with Gasteiger partial charge in [-0.1, -0.05) is 0 Å². The Labute approximate surface area is 252 Å². The number of benzene rings is 2. The van der Waals surface area contributed by atoms with Gasteiger partial charge in [-0.15, -0.1) is 0 Å². The van der Waals surface area contributed by atoms with Crippen LogP contribution in [-0.4, -0.2) is 72.1 Å². The molecule has 2 fully saturated rings. The van der Waals surface area contributed by atoms with Crippen molar-refractivity contribution >= 4 is 71.5 Å². The fourth-order valence-corrected chi connectivity index (χ4v) is 6.94. The first-order valence-electron chi connectivity index (χ1n) is 13.6. The van der Waals surface area contributed by atoms with Crippen molar-refractivity contribution in [1.82, 2.24) is 19.9 Å². The number of piperidine rings is 1. The van der Waals surface area contributed by atoms with E-state index in [1.807, 2.05) is 18.2 Å². The Balaban J connectivity index is 1.33. The largest absolute Gasteiger partial charge is 0.495 e. The van der Waals surface area contributed by atoms with Gasteiger partial charge in [-0.05, 0) is 71.9 Å². The number of hydrogen-bond donors (Lipinski definition) is 3. The van der Waals surface area contributed by atoms with Crippen molar-refractivity contribution in [1.29, 1.82) is 0 Å². The van der Waals surface area contributed by atoms with Gasteiger partial charge in [0.15, 0.2) is 0 Å². The van der Waals surface area contributed by atoms with E-state index in [2.05, 4.69) is 46.4 Å². The van der Waals surface area contributed by atoms with Crippen molar-refractivity contribution in [3.8, 4) is 5.75 Å². The number of methoxy groups -OCH3 is 1. The average Bonchev–Trinajstić information content (AvgIpc) is 3.85. The zero-order valence-electron chi connectivity index (χ0n) is 23.2. The molecule has 12 nitrogen and oxygen atoms in total. The molecule has 2 aromatic carbocycles. The predicted molar refractivity (Wildman–Crippen MR) is 167 cm³/mol. The van der Waals surface area contributed by atoms with Crippen LogP contribution in [0.5, 0.6) is 5.75 Å². The van der Waals surface area contributed by atoms with Crippen LogP contribution in [0.2, 0.25) is 0 Å². The standard InChI is InChI=1S/C28H31BrN8O4S/c1-36(42(39,40)19-4-5-19)26-22(7-6-21-25(26)31-12-11-30-21)33-27-20(29)16-32-28(35-27)34-23-15-17(3-8-24(23)41-2)37-13-9-18(38)10-14-37/h3,6-8,11-12,15-16,18-19,38H,4-5,9-10,13-14H2,1-2H3,(H2,32,33,34,35). The van der Waals surface area contributed by atoms with Crippen LogP contribution in [0, 0.1) is 0 Å². The quantitative estimate of drug-likeness (QED) is 0.233. The zero-order chi connectivity index (χ0) is 29.4. The Morgan fingerprint density at radius 2 is 1.79 bits per heavy atom. The number of halogens is 1. The second-order valence-electron chi connectivity index (χ2n) is 10.3. The van der Waals surface area contributed by atoms with Gasteiger partial charge in [0.05, 0.1) is 39.8 Å². The van der Waals surface area contributed by atoms with E-state index in [0.717, 1.165) is 31.6 Å². The highest BCUT2D eigenvalue weighted by Crippen LogP contribution is 2.40. The molecule has 1 saturated heterocycles. The van der Waals surface area contributed by atoms with E-state index in [1.54, 1.807) is 44.9 Å². The minimum Gasteiger partial charge on any atom is -0.495 e. The van der Waals surface area contributed by atoms with Gasteiger partial charge >= 0.3 is 0 Å². The van der Waals surface area contributed by atoms with Crippen molar-refractivity contribution in [2.24, 2.45) is 0 Å². The maximum atomic E-state index is 13.3. The number of rotatable bonds is 9. The third-order valence-corrected chi connectivity index (χ3v) is 10.4. The minimum absolute atomic E-state index is 0.261. The second kappa shape index (κ2) is 11.5. The fraction of sp³-hybridized carbons (Fsp3) is 0.357. The van der Waals surface area contributed by atoms with Crippen LogP contribution in [0.15, 0.2) is 53.4 Å². The zero-order valence-corrected chi connectivity index (χ0v) is 25.6. The monoisotopic (exact) mass is 654 g/mol. The van der Waals surface area contributed by atoms with Crippen LogP contribution in [-0.2, 0) is 10.0 Å². The molecule has 4 aromatic rings. The maximum Gasteiger partial charge on any atom is 0.237 e. The van der Waals surface area contributed by atoms with Crippen LogP contribution >= 0.6 is 15.9 Å². The Morgan fingerprint density at radius 1 is 1.02 bits per heavy atom. The van der Waals surface area contributed by atoms with E-state index in [0.29, 0.717) is 62.9 Å². The summed E-state index contributed by atoms with van der Waals surface area (Å²) in [7, 11) is -0.423. The van der Waals surface area contributed by atoms with E-state index in [4.69, 9.17) is 9.72 Å². The molecular formula is C28H31BrN8O4S. The highest BCUT2D eigenvalue weighted by atomic mass is 79.9. The molecule has 1 saturated carbocycles. The number of hydrogen-bond acceptors (Lipinski definition) is 11. The summed E-state index contributed by atoms with van der Waals surface area (Å²) < 4.78 is 34.0. The van der Waals surface area contributed by atoms with Crippen LogP contribution in [0.3, 0.4) is 0 Å². The lowest BCUT2D eigenvalue weighted by Gasteiger charge is -2.32. The molecule has 0 atom stereocenters. The first-order valence-corrected chi connectivity index (χ1v) is 15.9. The van der Waals surface area contributed by atoms with E-state index < -0.39 is 15.3 Å². The first kappa shape index (κ1) is 28.4. The number of sulfonamides is 1. The first-order chi connectivity index (χ1) is 20.2. The Kier molecular flexibility index (Phi) is 7.77. The van der Waals surface area contributed by atoms with Crippen molar-refractivity contribution in [2.75, 3.05) is 47.1 Å². The summed E-state index contributed by atoms with van der Waals surface area (Å²) in [5, 5.41) is 16.1. The third kappa shape index (κ3) is 5.65. The average molecular weight is 656 g/mol. The molecule has 220 valence electrons. The summed E-state index contributed by atoms with van der Waals surface area (Å²) >= 11 is 3.53. The predicted octanol–water partition coefficient (Wildman–Crippen LogP) is 4.57. The molecule has 0 unspecified atom stereocenters. The molecule has 1 aliphatic carbocycles. The van der Waals surface area contributed by atoms with Crippen LogP contribution in [0.1, 0.15) is 25.7 Å². The van der Waals surface area contributed by atoms with Crippen LogP contribution in [0.25, 0.3) is 11.0 Å². The molecule has 2 aliphatic rings. The number of aliphatic hydroxyl groups excluding tert-OH is 1. The number of nitrogens with zero attached hydrogens (tertiary/aromatic N) is 6. The smallest absolute Gasteiger partial charge is 0.237 e. The highest BCUT2D eigenvalue weighted by molar-refractivity contribution is 9.10. The maximum absolute atomic E-state index is 13.3. The van der Waals surface area contributed by atoms with E-state index in [9.17, 15) is 13.5 Å². The van der Waals surface area contributed by atoms with Crippen molar-refractivity contribution in [3.05, 3.63) is 53.4 Å². The molecule has 6 rings (SSSR count). The fourth-order valence-electron chi connectivity index (χ4n) is 5.04. The molecule has 14 heteroatoms. The summed E-state index contributed by atoms with van der Waals surface area (Å²) in [6, 6.07) is 9.42. The van der Waals surface area contributed by atoms with Gasteiger partial charge in [0, 0.05) is 44.4 Å². The number of ether oxygens (including phenoxy) is 1. The number of fused-ring (bicyclic) bond motifs is 1. The molecule has 3 heterocycles. The lowest BCUT2D eigenvalue weighted by atomic mass is 10.1. The second-order valence-corrected chi connectivity index (χ2v) is 13.4. The van der Waals surface area contributed by atoms with Crippen molar-refractivity contribution in [3.63, 3.8) is 0 Å². The lowest BCUT2D eigenvalue weighted by molar-refractivity contribution is 0.145. The SMILES string of the molecule is COc1ccc(N2CCC(O)CC2)cc1Nc1ncc(Br)c(Nc2ccc3nccnc3c2N(C)S(=O)(=O)C2CC2)n1. The minimum atomic E-state index is -3.57.